The molecule has 3 atom stereocenters. The zero-order chi connectivity index (χ0) is 14.0. The first-order valence-corrected chi connectivity index (χ1v) is 7.16. The lowest BCUT2D eigenvalue weighted by Gasteiger charge is -2.43. The Hall–Kier alpha value is -0.810. The van der Waals surface area contributed by atoms with Crippen LogP contribution in [0.15, 0.2) is 0 Å². The summed E-state index contributed by atoms with van der Waals surface area (Å²) < 4.78 is 4.62. The number of nitrogens with two attached hydrogens (primary N) is 1. The predicted molar refractivity (Wildman–Crippen MR) is 78.4 cm³/mol. The first kappa shape index (κ1) is 17.2. The number of ether oxygens (including phenoxy) is 1. The molecule has 0 aromatic heterocycles. The molecular weight excluding hydrogens is 280 g/mol. The molecule has 2 unspecified atom stereocenters. The van der Waals surface area contributed by atoms with Gasteiger partial charge in [-0.05, 0) is 44.4 Å². The topological polar surface area (TPSA) is 81.4 Å². The summed E-state index contributed by atoms with van der Waals surface area (Å²) in [5.74, 6) is 0.512. The van der Waals surface area contributed by atoms with Crippen molar-refractivity contribution in [2.24, 2.45) is 23.5 Å². The molecule has 2 aliphatic carbocycles. The number of carbonyl (C=O) groups excluding carboxylic acids is 2. The summed E-state index contributed by atoms with van der Waals surface area (Å²) in [6.07, 6.45) is 5.22. The van der Waals surface area contributed by atoms with Gasteiger partial charge in [0, 0.05) is 12.0 Å². The fourth-order valence-corrected chi connectivity index (χ4v) is 3.57. The summed E-state index contributed by atoms with van der Waals surface area (Å²) in [6.45, 7) is 1.65. The Morgan fingerprint density at radius 3 is 2.30 bits per heavy atom. The number of fused-ring (bicyclic) bond motifs is 2. The number of carbonyl (C=O) groups is 2. The highest BCUT2D eigenvalue weighted by Gasteiger charge is 2.40. The monoisotopic (exact) mass is 304 g/mol. The summed E-state index contributed by atoms with van der Waals surface area (Å²) in [4.78, 5) is 23.5. The summed E-state index contributed by atoms with van der Waals surface area (Å²) in [5.41, 5.74) is 6.21. The standard InChI is InChI=1S/C14H24N2O3.ClH/c1-8(14(18)19-2)16-13(17)11-6-9-4-3-5-10(7-11)12(9)15;/h8-12H,3-7,15H2,1-2H3,(H,16,17);1H/t8-,9?,10?,11?,12?;/m0./s1. The van der Waals surface area contributed by atoms with E-state index in [-0.39, 0.29) is 30.3 Å². The van der Waals surface area contributed by atoms with Gasteiger partial charge in [-0.15, -0.1) is 12.4 Å². The van der Waals surface area contributed by atoms with Gasteiger partial charge in [0.25, 0.3) is 0 Å². The second-order valence-corrected chi connectivity index (χ2v) is 5.95. The number of hydrogen-bond acceptors (Lipinski definition) is 4. The van der Waals surface area contributed by atoms with Gasteiger partial charge in [0.15, 0.2) is 0 Å². The quantitative estimate of drug-likeness (QED) is 0.769. The maximum absolute atomic E-state index is 12.2. The minimum absolute atomic E-state index is 0. The van der Waals surface area contributed by atoms with Crippen molar-refractivity contribution in [2.45, 2.75) is 51.1 Å². The molecule has 1 amide bonds. The Balaban J connectivity index is 0.00000200. The van der Waals surface area contributed by atoms with Crippen LogP contribution in [0.4, 0.5) is 0 Å². The van der Waals surface area contributed by atoms with Crippen molar-refractivity contribution in [3.05, 3.63) is 0 Å². The third-order valence-electron chi connectivity index (χ3n) is 4.70. The lowest BCUT2D eigenvalue weighted by atomic mass is 9.65. The molecule has 3 N–H and O–H groups in total. The molecule has 2 aliphatic rings. The van der Waals surface area contributed by atoms with E-state index in [9.17, 15) is 9.59 Å². The molecule has 0 aliphatic heterocycles. The third kappa shape index (κ3) is 3.64. The van der Waals surface area contributed by atoms with Crippen LogP contribution in [-0.2, 0) is 14.3 Å². The Bertz CT molecular complexity index is 350. The Labute approximate surface area is 126 Å². The number of methoxy groups -OCH3 is 1. The zero-order valence-corrected chi connectivity index (χ0v) is 12.9. The highest BCUT2D eigenvalue weighted by Crippen LogP contribution is 2.41. The van der Waals surface area contributed by atoms with Crippen LogP contribution in [-0.4, -0.2) is 31.1 Å². The van der Waals surface area contributed by atoms with Crippen molar-refractivity contribution in [2.75, 3.05) is 7.11 Å². The van der Waals surface area contributed by atoms with E-state index >= 15 is 0 Å². The SMILES string of the molecule is COC(=O)[C@H](C)NC(=O)C1CC2CCCC(C1)C2N.Cl. The number of nitrogens with one attached hydrogen (secondary N) is 1. The van der Waals surface area contributed by atoms with Gasteiger partial charge >= 0.3 is 5.97 Å². The number of rotatable bonds is 3. The summed E-state index contributed by atoms with van der Waals surface area (Å²) in [6, 6.07) is -0.316. The largest absolute Gasteiger partial charge is 0.467 e. The summed E-state index contributed by atoms with van der Waals surface area (Å²) in [7, 11) is 1.33. The van der Waals surface area contributed by atoms with Crippen LogP contribution in [0.2, 0.25) is 0 Å². The molecule has 116 valence electrons. The van der Waals surface area contributed by atoms with E-state index < -0.39 is 12.0 Å². The van der Waals surface area contributed by atoms with Crippen molar-refractivity contribution in [1.82, 2.24) is 5.32 Å². The Morgan fingerprint density at radius 2 is 1.80 bits per heavy atom. The zero-order valence-electron chi connectivity index (χ0n) is 12.1. The molecule has 2 bridgehead atoms. The molecule has 0 aromatic rings. The molecule has 2 fully saturated rings. The van der Waals surface area contributed by atoms with Gasteiger partial charge in [-0.3, -0.25) is 4.79 Å². The normalized spacial score (nSPS) is 33.5. The van der Waals surface area contributed by atoms with E-state index in [1.165, 1.54) is 13.5 Å². The van der Waals surface area contributed by atoms with Gasteiger partial charge < -0.3 is 15.8 Å². The van der Waals surface area contributed by atoms with E-state index in [4.69, 9.17) is 5.73 Å². The van der Waals surface area contributed by atoms with E-state index in [2.05, 4.69) is 10.1 Å². The first-order chi connectivity index (χ1) is 9.02. The molecule has 2 rings (SSSR count). The second kappa shape index (κ2) is 7.27. The molecule has 0 aromatic carbocycles. The van der Waals surface area contributed by atoms with Crippen LogP contribution in [0, 0.1) is 17.8 Å². The van der Waals surface area contributed by atoms with Crippen molar-refractivity contribution in [3.8, 4) is 0 Å². The number of esters is 1. The number of halogens is 1. The maximum Gasteiger partial charge on any atom is 0.328 e. The molecular formula is C14H25ClN2O3. The van der Waals surface area contributed by atoms with Crippen molar-refractivity contribution < 1.29 is 14.3 Å². The maximum atomic E-state index is 12.2. The molecule has 6 heteroatoms. The Kier molecular flexibility index (Phi) is 6.27. The van der Waals surface area contributed by atoms with Crippen molar-refractivity contribution in [3.63, 3.8) is 0 Å². The molecule has 0 heterocycles. The Morgan fingerprint density at radius 1 is 1.25 bits per heavy atom. The number of hydrogen-bond donors (Lipinski definition) is 2. The molecule has 20 heavy (non-hydrogen) atoms. The van der Waals surface area contributed by atoms with E-state index in [0.29, 0.717) is 11.8 Å². The second-order valence-electron chi connectivity index (χ2n) is 5.95. The molecule has 2 saturated carbocycles. The molecule has 0 spiro atoms. The molecule has 0 saturated heterocycles. The van der Waals surface area contributed by atoms with Gasteiger partial charge in [0.2, 0.25) is 5.91 Å². The van der Waals surface area contributed by atoms with Crippen molar-refractivity contribution in [1.29, 1.82) is 0 Å². The molecule has 0 radical (unpaired) electrons. The van der Waals surface area contributed by atoms with Crippen LogP contribution < -0.4 is 11.1 Å². The molecule has 5 nitrogen and oxygen atoms in total. The van der Waals surface area contributed by atoms with Crippen LogP contribution in [0.5, 0.6) is 0 Å². The van der Waals surface area contributed by atoms with Crippen molar-refractivity contribution >= 4 is 24.3 Å². The highest BCUT2D eigenvalue weighted by atomic mass is 35.5. The summed E-state index contributed by atoms with van der Waals surface area (Å²) in [5, 5.41) is 2.75. The van der Waals surface area contributed by atoms with E-state index in [0.717, 1.165) is 25.7 Å². The first-order valence-electron chi connectivity index (χ1n) is 7.16. The summed E-state index contributed by atoms with van der Waals surface area (Å²) >= 11 is 0. The van der Waals surface area contributed by atoms with Gasteiger partial charge in [-0.1, -0.05) is 6.42 Å². The fourth-order valence-electron chi connectivity index (χ4n) is 3.57. The third-order valence-corrected chi connectivity index (χ3v) is 4.70. The van der Waals surface area contributed by atoms with Crippen LogP contribution >= 0.6 is 12.4 Å². The lowest BCUT2D eigenvalue weighted by Crippen LogP contribution is -2.50. The van der Waals surface area contributed by atoms with Gasteiger partial charge in [-0.25, -0.2) is 4.79 Å². The lowest BCUT2D eigenvalue weighted by molar-refractivity contribution is -0.145. The highest BCUT2D eigenvalue weighted by molar-refractivity contribution is 5.85. The van der Waals surface area contributed by atoms with Gasteiger partial charge in [0.1, 0.15) is 6.04 Å². The van der Waals surface area contributed by atoms with Crippen LogP contribution in [0.25, 0.3) is 0 Å². The van der Waals surface area contributed by atoms with Gasteiger partial charge in [-0.2, -0.15) is 0 Å². The van der Waals surface area contributed by atoms with Gasteiger partial charge in [0.05, 0.1) is 7.11 Å². The van der Waals surface area contributed by atoms with Crippen LogP contribution in [0.3, 0.4) is 0 Å². The average molecular weight is 305 g/mol. The smallest absolute Gasteiger partial charge is 0.328 e. The average Bonchev–Trinajstić information content (AvgIpc) is 2.37. The number of amides is 1. The minimum Gasteiger partial charge on any atom is -0.467 e. The van der Waals surface area contributed by atoms with E-state index in [1.807, 2.05) is 0 Å². The minimum atomic E-state index is -0.576. The fraction of sp³-hybridized carbons (Fsp3) is 0.857. The van der Waals surface area contributed by atoms with Crippen LogP contribution in [0.1, 0.15) is 39.0 Å². The van der Waals surface area contributed by atoms with E-state index in [1.54, 1.807) is 6.92 Å². The predicted octanol–water partition coefficient (Wildman–Crippen LogP) is 1.24.